The van der Waals surface area contributed by atoms with Gasteiger partial charge in [0.05, 0.1) is 30.1 Å². The van der Waals surface area contributed by atoms with Crippen LogP contribution < -0.4 is 0 Å². The van der Waals surface area contributed by atoms with E-state index in [0.717, 1.165) is 0 Å². The van der Waals surface area contributed by atoms with Crippen LogP contribution in [0, 0.1) is 12.8 Å². The molecule has 1 aromatic rings. The molecule has 0 unspecified atom stereocenters. The smallest absolute Gasteiger partial charge is 0.243 e. The summed E-state index contributed by atoms with van der Waals surface area (Å²) in [7, 11) is -1.97. The van der Waals surface area contributed by atoms with Gasteiger partial charge in [-0.2, -0.15) is 4.31 Å². The fourth-order valence-electron chi connectivity index (χ4n) is 3.10. The first kappa shape index (κ1) is 16.7. The normalized spacial score (nSPS) is 26.2. The van der Waals surface area contributed by atoms with E-state index in [1.165, 1.54) is 10.4 Å². The summed E-state index contributed by atoms with van der Waals surface area (Å²) in [6, 6.07) is 4.46. The zero-order chi connectivity index (χ0) is 16.8. The number of benzene rings is 1. The minimum Gasteiger partial charge on any atom is -0.378 e. The maximum absolute atomic E-state index is 13.0. The van der Waals surface area contributed by atoms with E-state index in [1.807, 2.05) is 0 Å². The minimum absolute atomic E-state index is 0.0574. The van der Waals surface area contributed by atoms with Gasteiger partial charge in [-0.3, -0.25) is 4.79 Å². The van der Waals surface area contributed by atoms with E-state index in [1.54, 1.807) is 31.0 Å². The average Bonchev–Trinajstić information content (AvgIpc) is 2.64. The quantitative estimate of drug-likeness (QED) is 0.794. The molecule has 0 N–H and O–H groups in total. The first-order chi connectivity index (χ1) is 10.8. The number of amides is 1. The molecule has 2 heterocycles. The van der Waals surface area contributed by atoms with Crippen LogP contribution in [0.4, 0.5) is 0 Å². The predicted molar refractivity (Wildman–Crippen MR) is 85.8 cm³/mol. The largest absolute Gasteiger partial charge is 0.378 e. The summed E-state index contributed by atoms with van der Waals surface area (Å²) in [6.07, 6.45) is 0. The molecule has 0 aromatic heterocycles. The third kappa shape index (κ3) is 2.98. The molecule has 0 saturated carbocycles. The van der Waals surface area contributed by atoms with Crippen LogP contribution in [0.15, 0.2) is 23.1 Å². The Hall–Kier alpha value is -1.15. The predicted octanol–water partition coefficient (Wildman–Crippen LogP) is 1.13. The van der Waals surface area contributed by atoms with Crippen molar-refractivity contribution >= 4 is 27.5 Å². The number of hydrogen-bond donors (Lipinski definition) is 0. The van der Waals surface area contributed by atoms with Gasteiger partial charge in [0.1, 0.15) is 0 Å². The number of hydrogen-bond acceptors (Lipinski definition) is 4. The molecule has 2 atom stereocenters. The highest BCUT2D eigenvalue weighted by Crippen LogP contribution is 2.27. The summed E-state index contributed by atoms with van der Waals surface area (Å²) in [5.74, 6) is -0.520. The van der Waals surface area contributed by atoms with Crippen molar-refractivity contribution in [2.75, 3.05) is 33.4 Å². The topological polar surface area (TPSA) is 66.9 Å². The lowest BCUT2D eigenvalue weighted by atomic mass is 10.1. The molecule has 2 bridgehead atoms. The van der Waals surface area contributed by atoms with Gasteiger partial charge in [-0.1, -0.05) is 11.6 Å². The summed E-state index contributed by atoms with van der Waals surface area (Å²) < 4.78 is 33.0. The van der Waals surface area contributed by atoms with E-state index in [-0.39, 0.29) is 36.5 Å². The fourth-order valence-corrected chi connectivity index (χ4v) is 5.05. The van der Waals surface area contributed by atoms with Crippen molar-refractivity contribution in [2.45, 2.75) is 17.9 Å². The molecule has 0 aliphatic carbocycles. The number of aryl methyl sites for hydroxylation is 1. The number of fused-ring (bicyclic) bond motifs is 3. The van der Waals surface area contributed by atoms with Crippen LogP contribution in [-0.4, -0.2) is 62.9 Å². The van der Waals surface area contributed by atoms with Crippen LogP contribution in [0.1, 0.15) is 5.56 Å². The number of carbonyl (C=O) groups excluding carboxylic acids is 1. The van der Waals surface area contributed by atoms with Gasteiger partial charge in [0.25, 0.3) is 0 Å². The second-order valence-electron chi connectivity index (χ2n) is 6.07. The number of carbonyl (C=O) groups is 1. The molecular formula is C15H19ClN2O4S. The summed E-state index contributed by atoms with van der Waals surface area (Å²) in [6.45, 7) is 2.71. The number of rotatable bonds is 2. The number of halogens is 1. The van der Waals surface area contributed by atoms with Gasteiger partial charge in [0, 0.05) is 25.2 Å². The standard InChI is InChI=1S/C15H19ClN2O4S/c1-10-5-12(16)3-4-14(10)23(20,21)18-6-11-8-22-9-13(7-18)17(2)15(11)19/h3-5,11,13H,6-9H2,1-2H3/t11-,13-/m0/s1. The Morgan fingerprint density at radius 3 is 2.70 bits per heavy atom. The van der Waals surface area contributed by atoms with Crippen LogP contribution >= 0.6 is 11.6 Å². The van der Waals surface area contributed by atoms with E-state index >= 15 is 0 Å². The van der Waals surface area contributed by atoms with Crippen molar-refractivity contribution in [3.8, 4) is 0 Å². The summed E-state index contributed by atoms with van der Waals surface area (Å²) in [5.41, 5.74) is 0.600. The SMILES string of the molecule is Cc1cc(Cl)ccc1S(=O)(=O)N1C[C@H]2COC[C@H](C1)N(C)C2=O. The van der Waals surface area contributed by atoms with E-state index < -0.39 is 15.9 Å². The lowest BCUT2D eigenvalue weighted by Crippen LogP contribution is -2.45. The highest BCUT2D eigenvalue weighted by Gasteiger charge is 2.41. The summed E-state index contributed by atoms with van der Waals surface area (Å²) >= 11 is 5.92. The molecule has 8 heteroatoms. The first-order valence-corrected chi connectivity index (χ1v) is 9.23. The molecule has 2 aliphatic heterocycles. The maximum Gasteiger partial charge on any atom is 0.243 e. The monoisotopic (exact) mass is 358 g/mol. The molecule has 0 spiro atoms. The second-order valence-corrected chi connectivity index (χ2v) is 8.41. The van der Waals surface area contributed by atoms with E-state index in [0.29, 0.717) is 17.2 Å². The van der Waals surface area contributed by atoms with E-state index in [9.17, 15) is 13.2 Å². The van der Waals surface area contributed by atoms with Crippen molar-refractivity contribution in [3.63, 3.8) is 0 Å². The molecule has 2 fully saturated rings. The van der Waals surface area contributed by atoms with Gasteiger partial charge in [0.15, 0.2) is 0 Å². The first-order valence-electron chi connectivity index (χ1n) is 7.41. The third-order valence-electron chi connectivity index (χ3n) is 4.47. The van der Waals surface area contributed by atoms with Gasteiger partial charge in [-0.25, -0.2) is 8.42 Å². The summed E-state index contributed by atoms with van der Waals surface area (Å²) in [5, 5.41) is 0.498. The molecule has 0 radical (unpaired) electrons. The molecule has 1 amide bonds. The Kier molecular flexibility index (Phi) is 4.39. The highest BCUT2D eigenvalue weighted by molar-refractivity contribution is 7.89. The number of ether oxygens (including phenoxy) is 1. The van der Waals surface area contributed by atoms with Crippen LogP contribution in [0.2, 0.25) is 5.02 Å². The second kappa shape index (κ2) is 6.05. The Morgan fingerprint density at radius 2 is 2.00 bits per heavy atom. The van der Waals surface area contributed by atoms with E-state index in [2.05, 4.69) is 0 Å². The molecule has 2 saturated heterocycles. The fraction of sp³-hybridized carbons (Fsp3) is 0.533. The number of sulfonamides is 1. The Morgan fingerprint density at radius 1 is 1.26 bits per heavy atom. The zero-order valence-electron chi connectivity index (χ0n) is 13.0. The number of likely N-dealkylation sites (N-methyl/N-ethyl adjacent to an activating group) is 1. The Balaban J connectivity index is 1.99. The third-order valence-corrected chi connectivity index (χ3v) is 6.69. The number of nitrogens with zero attached hydrogens (tertiary/aromatic N) is 2. The van der Waals surface area contributed by atoms with Crippen molar-refractivity contribution < 1.29 is 17.9 Å². The maximum atomic E-state index is 13.0. The van der Waals surface area contributed by atoms with Gasteiger partial charge >= 0.3 is 0 Å². The lowest BCUT2D eigenvalue weighted by molar-refractivity contribution is -0.133. The molecule has 126 valence electrons. The van der Waals surface area contributed by atoms with Crippen LogP contribution in [-0.2, 0) is 19.6 Å². The van der Waals surface area contributed by atoms with Crippen LogP contribution in [0.3, 0.4) is 0 Å². The highest BCUT2D eigenvalue weighted by atomic mass is 35.5. The Bertz CT molecular complexity index is 737. The molecule has 1 aromatic carbocycles. The van der Waals surface area contributed by atoms with Crippen LogP contribution in [0.25, 0.3) is 0 Å². The zero-order valence-corrected chi connectivity index (χ0v) is 14.6. The van der Waals surface area contributed by atoms with Crippen molar-refractivity contribution in [1.82, 2.24) is 9.21 Å². The lowest BCUT2D eigenvalue weighted by Gasteiger charge is -2.29. The minimum atomic E-state index is -3.68. The van der Waals surface area contributed by atoms with Gasteiger partial charge in [-0.05, 0) is 30.7 Å². The average molecular weight is 359 g/mol. The molecular weight excluding hydrogens is 340 g/mol. The molecule has 3 rings (SSSR count). The molecule has 2 aliphatic rings. The Labute approximate surface area is 141 Å². The van der Waals surface area contributed by atoms with Crippen molar-refractivity contribution in [2.24, 2.45) is 5.92 Å². The van der Waals surface area contributed by atoms with Gasteiger partial charge < -0.3 is 9.64 Å². The summed E-state index contributed by atoms with van der Waals surface area (Å²) in [4.78, 5) is 14.2. The van der Waals surface area contributed by atoms with Crippen molar-refractivity contribution in [1.29, 1.82) is 0 Å². The molecule has 6 nitrogen and oxygen atoms in total. The van der Waals surface area contributed by atoms with Crippen molar-refractivity contribution in [3.05, 3.63) is 28.8 Å². The molecule has 23 heavy (non-hydrogen) atoms. The van der Waals surface area contributed by atoms with E-state index in [4.69, 9.17) is 16.3 Å². The van der Waals surface area contributed by atoms with Gasteiger partial charge in [0.2, 0.25) is 15.9 Å². The van der Waals surface area contributed by atoms with Crippen LogP contribution in [0.5, 0.6) is 0 Å². The van der Waals surface area contributed by atoms with Gasteiger partial charge in [-0.15, -0.1) is 0 Å².